The van der Waals surface area contributed by atoms with Crippen molar-refractivity contribution in [2.75, 3.05) is 0 Å². The van der Waals surface area contributed by atoms with Crippen LogP contribution in [0.2, 0.25) is 0 Å². The number of carbonyl (C=O) groups is 1. The van der Waals surface area contributed by atoms with Crippen molar-refractivity contribution in [1.29, 1.82) is 0 Å². The van der Waals surface area contributed by atoms with Crippen LogP contribution in [0.4, 0.5) is 0 Å². The summed E-state index contributed by atoms with van der Waals surface area (Å²) >= 11 is 0. The molecule has 0 aliphatic heterocycles. The molecule has 0 bridgehead atoms. The highest BCUT2D eigenvalue weighted by Crippen LogP contribution is 1.99. The molecule has 0 fully saturated rings. The number of aliphatic carboxylic acids is 1. The molecule has 0 aliphatic carbocycles. The van der Waals surface area contributed by atoms with Gasteiger partial charge in [0.25, 0.3) is 5.56 Å². The molecular weight excluding hydrogens is 200 g/mol. The number of hydrogen-bond acceptors (Lipinski definition) is 4. The van der Waals surface area contributed by atoms with Gasteiger partial charge in [0, 0.05) is 0 Å². The predicted octanol–water partition coefficient (Wildman–Crippen LogP) is -0.716. The number of aromatic nitrogens is 4. The lowest BCUT2D eigenvalue weighted by atomic mass is 10.4. The van der Waals surface area contributed by atoms with E-state index in [1.54, 1.807) is 6.92 Å². The first-order chi connectivity index (χ1) is 7.09. The van der Waals surface area contributed by atoms with Gasteiger partial charge in [-0.2, -0.15) is 5.10 Å². The molecule has 0 saturated heterocycles. The van der Waals surface area contributed by atoms with E-state index >= 15 is 0 Å². The normalized spacial score (nSPS) is 10.7. The fourth-order valence-corrected chi connectivity index (χ4v) is 1.33. The van der Waals surface area contributed by atoms with Gasteiger partial charge in [0.15, 0.2) is 5.52 Å². The molecule has 2 rings (SSSR count). The molecule has 78 valence electrons. The lowest BCUT2D eigenvalue weighted by Gasteiger charge is -2.01. The van der Waals surface area contributed by atoms with Gasteiger partial charge in [-0.3, -0.25) is 14.2 Å². The first-order valence-corrected chi connectivity index (χ1v) is 4.21. The molecule has 0 amide bonds. The summed E-state index contributed by atoms with van der Waals surface area (Å²) in [6, 6.07) is 0. The summed E-state index contributed by atoms with van der Waals surface area (Å²) in [4.78, 5) is 26.1. The maximum atomic E-state index is 11.7. The maximum absolute atomic E-state index is 11.7. The van der Waals surface area contributed by atoms with Gasteiger partial charge >= 0.3 is 5.97 Å². The molecule has 0 atom stereocenters. The Morgan fingerprint density at radius 3 is 2.93 bits per heavy atom. The minimum Gasteiger partial charge on any atom is -0.480 e. The minimum absolute atomic E-state index is 0.304. The number of hydrogen-bond donors (Lipinski definition) is 1. The average Bonchev–Trinajstić information content (AvgIpc) is 2.53. The second kappa shape index (κ2) is 3.19. The van der Waals surface area contributed by atoms with E-state index in [1.165, 1.54) is 17.2 Å². The Bertz CT molecular complexity index is 583. The summed E-state index contributed by atoms with van der Waals surface area (Å²) in [7, 11) is 0. The molecule has 0 aliphatic rings. The first kappa shape index (κ1) is 9.38. The number of rotatable bonds is 2. The first-order valence-electron chi connectivity index (χ1n) is 4.21. The SMILES string of the molecule is Cc1ncn2ncn(CC(=O)O)c(=O)c12. The van der Waals surface area contributed by atoms with Gasteiger partial charge in [-0.25, -0.2) is 9.50 Å². The number of aryl methyl sites for hydroxylation is 1. The Hall–Kier alpha value is -2.18. The van der Waals surface area contributed by atoms with Gasteiger partial charge in [0.2, 0.25) is 0 Å². The van der Waals surface area contributed by atoms with Crippen molar-refractivity contribution in [2.24, 2.45) is 0 Å². The number of fused-ring (bicyclic) bond motifs is 1. The molecule has 0 aromatic carbocycles. The van der Waals surface area contributed by atoms with Crippen molar-refractivity contribution in [2.45, 2.75) is 13.5 Å². The quantitative estimate of drug-likeness (QED) is 0.703. The topological polar surface area (TPSA) is 89.5 Å². The van der Waals surface area contributed by atoms with E-state index in [-0.39, 0.29) is 0 Å². The molecular formula is C8H8N4O3. The van der Waals surface area contributed by atoms with Crippen LogP contribution < -0.4 is 5.56 Å². The molecule has 0 saturated carbocycles. The Kier molecular flexibility index (Phi) is 2.00. The van der Waals surface area contributed by atoms with E-state index in [0.29, 0.717) is 11.2 Å². The van der Waals surface area contributed by atoms with Crippen molar-refractivity contribution in [3.8, 4) is 0 Å². The van der Waals surface area contributed by atoms with Crippen LogP contribution in [0.25, 0.3) is 5.52 Å². The second-order valence-corrected chi connectivity index (χ2v) is 3.08. The van der Waals surface area contributed by atoms with Gasteiger partial charge in [-0.1, -0.05) is 0 Å². The van der Waals surface area contributed by atoms with E-state index in [9.17, 15) is 9.59 Å². The maximum Gasteiger partial charge on any atom is 0.323 e. The van der Waals surface area contributed by atoms with E-state index in [4.69, 9.17) is 5.11 Å². The molecule has 7 nitrogen and oxygen atoms in total. The Morgan fingerprint density at radius 2 is 2.27 bits per heavy atom. The zero-order chi connectivity index (χ0) is 11.0. The van der Waals surface area contributed by atoms with Crippen molar-refractivity contribution in [3.05, 3.63) is 28.7 Å². The molecule has 2 heterocycles. The highest BCUT2D eigenvalue weighted by atomic mass is 16.4. The third kappa shape index (κ3) is 1.47. The van der Waals surface area contributed by atoms with Crippen LogP contribution in [0.15, 0.2) is 17.4 Å². The van der Waals surface area contributed by atoms with Crippen LogP contribution in [0, 0.1) is 6.92 Å². The lowest BCUT2D eigenvalue weighted by molar-refractivity contribution is -0.137. The Labute approximate surface area is 83.6 Å². The average molecular weight is 208 g/mol. The third-order valence-electron chi connectivity index (χ3n) is 2.02. The van der Waals surface area contributed by atoms with Crippen LogP contribution in [-0.2, 0) is 11.3 Å². The van der Waals surface area contributed by atoms with Crippen LogP contribution >= 0.6 is 0 Å². The molecule has 2 aromatic rings. The van der Waals surface area contributed by atoms with E-state index in [2.05, 4.69) is 10.1 Å². The highest BCUT2D eigenvalue weighted by Gasteiger charge is 2.09. The van der Waals surface area contributed by atoms with Crippen molar-refractivity contribution in [3.63, 3.8) is 0 Å². The summed E-state index contributed by atoms with van der Waals surface area (Å²) in [5.41, 5.74) is 0.438. The van der Waals surface area contributed by atoms with Gasteiger partial charge in [-0.15, -0.1) is 0 Å². The Balaban J connectivity index is 2.69. The standard InChI is InChI=1S/C8H8N4O3/c1-5-7-8(15)11(2-6(13)14)4-10-12(7)3-9-5/h3-4H,2H2,1H3,(H,13,14). The van der Waals surface area contributed by atoms with Gasteiger partial charge in [0.05, 0.1) is 5.69 Å². The molecule has 7 heteroatoms. The largest absolute Gasteiger partial charge is 0.480 e. The van der Waals surface area contributed by atoms with Crippen LogP contribution in [0.1, 0.15) is 5.69 Å². The summed E-state index contributed by atoms with van der Waals surface area (Å²) in [5, 5.41) is 12.4. The zero-order valence-electron chi connectivity index (χ0n) is 7.91. The van der Waals surface area contributed by atoms with Crippen LogP contribution in [0.5, 0.6) is 0 Å². The van der Waals surface area contributed by atoms with Crippen LogP contribution in [0.3, 0.4) is 0 Å². The number of carboxylic acid groups (broad SMARTS) is 1. The van der Waals surface area contributed by atoms with E-state index in [0.717, 1.165) is 4.57 Å². The van der Waals surface area contributed by atoms with E-state index < -0.39 is 18.1 Å². The molecule has 0 radical (unpaired) electrons. The van der Waals surface area contributed by atoms with Gasteiger partial charge in [-0.05, 0) is 6.92 Å². The van der Waals surface area contributed by atoms with Crippen LogP contribution in [-0.4, -0.2) is 30.2 Å². The Morgan fingerprint density at radius 1 is 1.53 bits per heavy atom. The molecule has 1 N–H and O–H groups in total. The highest BCUT2D eigenvalue weighted by molar-refractivity contribution is 5.66. The summed E-state index contributed by atoms with van der Waals surface area (Å²) in [5.74, 6) is -1.08. The van der Waals surface area contributed by atoms with Crippen molar-refractivity contribution < 1.29 is 9.90 Å². The van der Waals surface area contributed by atoms with E-state index in [1.807, 2.05) is 0 Å². The van der Waals surface area contributed by atoms with Crippen molar-refractivity contribution >= 4 is 11.5 Å². The number of carboxylic acids is 1. The van der Waals surface area contributed by atoms with Gasteiger partial charge in [0.1, 0.15) is 19.2 Å². The van der Waals surface area contributed by atoms with Crippen molar-refractivity contribution in [1.82, 2.24) is 19.2 Å². The molecule has 2 aromatic heterocycles. The number of imidazole rings is 1. The lowest BCUT2D eigenvalue weighted by Crippen LogP contribution is -2.26. The summed E-state index contributed by atoms with van der Waals surface area (Å²) in [6.45, 7) is 1.27. The number of nitrogens with zero attached hydrogens (tertiary/aromatic N) is 4. The zero-order valence-corrected chi connectivity index (χ0v) is 7.91. The third-order valence-corrected chi connectivity index (χ3v) is 2.02. The second-order valence-electron chi connectivity index (χ2n) is 3.08. The minimum atomic E-state index is -1.08. The smallest absolute Gasteiger partial charge is 0.323 e. The molecule has 0 spiro atoms. The predicted molar refractivity (Wildman–Crippen MR) is 49.6 cm³/mol. The fraction of sp³-hybridized carbons (Fsp3) is 0.250. The monoisotopic (exact) mass is 208 g/mol. The van der Waals surface area contributed by atoms with Gasteiger partial charge < -0.3 is 5.11 Å². The summed E-state index contributed by atoms with van der Waals surface area (Å²) in [6.07, 6.45) is 2.60. The fourth-order valence-electron chi connectivity index (χ4n) is 1.33. The molecule has 0 unspecified atom stereocenters. The summed E-state index contributed by atoms with van der Waals surface area (Å²) < 4.78 is 2.36. The molecule has 15 heavy (non-hydrogen) atoms.